The number of halogens is 1. The van der Waals surface area contributed by atoms with Crippen molar-refractivity contribution < 1.29 is 19.4 Å². The van der Waals surface area contributed by atoms with Crippen LogP contribution in [0.4, 0.5) is 0 Å². The highest BCUT2D eigenvalue weighted by Gasteiger charge is 2.27. The zero-order chi connectivity index (χ0) is 14.9. The lowest BCUT2D eigenvalue weighted by molar-refractivity contribution is -0.137. The van der Waals surface area contributed by atoms with Gasteiger partial charge in [-0.25, -0.2) is 0 Å². The second-order valence-corrected chi connectivity index (χ2v) is 6.63. The summed E-state index contributed by atoms with van der Waals surface area (Å²) in [4.78, 5) is 10.7. The van der Waals surface area contributed by atoms with Crippen LogP contribution in [0.15, 0.2) is 16.6 Å². The summed E-state index contributed by atoms with van der Waals surface area (Å²) in [5, 5.41) is 8.82. The first-order valence-corrected chi connectivity index (χ1v) is 7.14. The fourth-order valence-electron chi connectivity index (χ4n) is 1.94. The second kappa shape index (κ2) is 5.61. The molecule has 0 aliphatic carbocycles. The van der Waals surface area contributed by atoms with Crippen LogP contribution in [0.3, 0.4) is 0 Å². The molecule has 6 heteroatoms. The number of aliphatic carboxylic acids is 1. The summed E-state index contributed by atoms with van der Waals surface area (Å²) in [6.45, 7) is 5.21. The molecule has 2 rings (SSSR count). The fraction of sp³-hybridized carbons (Fsp3) is 0.500. The molecule has 0 saturated carbocycles. The minimum Gasteiger partial charge on any atom is -0.489 e. The van der Waals surface area contributed by atoms with Gasteiger partial charge in [0, 0.05) is 11.5 Å². The lowest BCUT2D eigenvalue weighted by atomic mass is 9.97. The van der Waals surface area contributed by atoms with E-state index in [1.807, 2.05) is 0 Å². The maximum Gasteiger partial charge on any atom is 0.305 e. The molecule has 5 nitrogen and oxygen atoms in total. The van der Waals surface area contributed by atoms with Crippen molar-refractivity contribution in [2.24, 2.45) is 11.1 Å². The predicted molar refractivity (Wildman–Crippen MR) is 78.1 cm³/mol. The molecule has 0 spiro atoms. The summed E-state index contributed by atoms with van der Waals surface area (Å²) in [6.07, 6.45) is -0.127. The van der Waals surface area contributed by atoms with Crippen molar-refractivity contribution in [2.75, 3.05) is 13.2 Å². The van der Waals surface area contributed by atoms with Gasteiger partial charge in [0.05, 0.1) is 24.1 Å². The highest BCUT2D eigenvalue weighted by Crippen LogP contribution is 2.41. The summed E-state index contributed by atoms with van der Waals surface area (Å²) in [6, 6.07) is 2.97. The van der Waals surface area contributed by atoms with Gasteiger partial charge in [0.15, 0.2) is 11.5 Å². The summed E-state index contributed by atoms with van der Waals surface area (Å²) < 4.78 is 12.3. The number of nitrogens with two attached hydrogens (primary N) is 1. The molecular formula is C14H18BrNO4. The lowest BCUT2D eigenvalue weighted by Crippen LogP contribution is -2.26. The Morgan fingerprint density at radius 2 is 2.10 bits per heavy atom. The van der Waals surface area contributed by atoms with E-state index < -0.39 is 12.0 Å². The Bertz CT molecular complexity index is 530. The first-order chi connectivity index (χ1) is 9.28. The standard InChI is InChI=1S/C14H18BrNO4/c1-14(2)6-19-11-4-8(10(16)5-12(17)18)3-9(15)13(11)20-7-14/h3-4,10H,5-7,16H2,1-2H3,(H,17,18). The van der Waals surface area contributed by atoms with E-state index in [4.69, 9.17) is 20.3 Å². The Hall–Kier alpha value is -1.27. The minimum absolute atomic E-state index is 0.0815. The summed E-state index contributed by atoms with van der Waals surface area (Å²) >= 11 is 3.43. The first kappa shape index (κ1) is 15.1. The van der Waals surface area contributed by atoms with Gasteiger partial charge in [0.25, 0.3) is 0 Å². The molecule has 1 atom stereocenters. The number of carboxylic acid groups (broad SMARTS) is 1. The molecule has 1 heterocycles. The normalized spacial score (nSPS) is 18.2. The molecular weight excluding hydrogens is 326 g/mol. The van der Waals surface area contributed by atoms with E-state index in [0.717, 1.165) is 4.47 Å². The third kappa shape index (κ3) is 3.43. The van der Waals surface area contributed by atoms with E-state index in [9.17, 15) is 4.79 Å². The van der Waals surface area contributed by atoms with E-state index in [0.29, 0.717) is 30.3 Å². The van der Waals surface area contributed by atoms with Crippen LogP contribution in [0.1, 0.15) is 31.9 Å². The summed E-state index contributed by atoms with van der Waals surface area (Å²) in [7, 11) is 0. The molecule has 0 saturated heterocycles. The second-order valence-electron chi connectivity index (χ2n) is 5.78. The molecule has 1 aromatic carbocycles. The Morgan fingerprint density at radius 1 is 1.45 bits per heavy atom. The van der Waals surface area contributed by atoms with Crippen LogP contribution in [0.2, 0.25) is 0 Å². The number of hydrogen-bond acceptors (Lipinski definition) is 4. The summed E-state index contributed by atoms with van der Waals surface area (Å²) in [5.74, 6) is 0.310. The quantitative estimate of drug-likeness (QED) is 0.881. The van der Waals surface area contributed by atoms with Crippen LogP contribution in [0.25, 0.3) is 0 Å². The number of ether oxygens (including phenoxy) is 2. The van der Waals surface area contributed by atoms with Crippen molar-refractivity contribution in [1.29, 1.82) is 0 Å². The molecule has 0 amide bonds. The van der Waals surface area contributed by atoms with Crippen molar-refractivity contribution in [3.63, 3.8) is 0 Å². The molecule has 1 unspecified atom stereocenters. The van der Waals surface area contributed by atoms with E-state index in [-0.39, 0.29) is 11.8 Å². The van der Waals surface area contributed by atoms with Gasteiger partial charge in [-0.3, -0.25) is 4.79 Å². The predicted octanol–water partition coefficient (Wildman–Crippen LogP) is 2.72. The molecule has 0 aromatic heterocycles. The molecule has 110 valence electrons. The van der Waals surface area contributed by atoms with Gasteiger partial charge in [-0.1, -0.05) is 13.8 Å². The maximum absolute atomic E-state index is 10.7. The van der Waals surface area contributed by atoms with Crippen LogP contribution >= 0.6 is 15.9 Å². The van der Waals surface area contributed by atoms with Crippen molar-refractivity contribution in [3.05, 3.63) is 22.2 Å². The van der Waals surface area contributed by atoms with Crippen LogP contribution in [-0.4, -0.2) is 24.3 Å². The van der Waals surface area contributed by atoms with Gasteiger partial charge in [-0.2, -0.15) is 0 Å². The number of carbonyl (C=O) groups is 1. The molecule has 0 bridgehead atoms. The third-order valence-corrected chi connectivity index (χ3v) is 3.67. The first-order valence-electron chi connectivity index (χ1n) is 6.35. The number of rotatable bonds is 3. The van der Waals surface area contributed by atoms with Gasteiger partial charge >= 0.3 is 5.97 Å². The number of fused-ring (bicyclic) bond motifs is 1. The van der Waals surface area contributed by atoms with Gasteiger partial charge < -0.3 is 20.3 Å². The number of hydrogen-bond donors (Lipinski definition) is 2. The Kier molecular flexibility index (Phi) is 4.25. The Morgan fingerprint density at radius 3 is 2.75 bits per heavy atom. The van der Waals surface area contributed by atoms with E-state index >= 15 is 0 Å². The van der Waals surface area contributed by atoms with Crippen molar-refractivity contribution in [1.82, 2.24) is 0 Å². The Labute approximate surface area is 126 Å². The van der Waals surface area contributed by atoms with Gasteiger partial charge in [0.1, 0.15) is 0 Å². The zero-order valence-corrected chi connectivity index (χ0v) is 13.1. The Balaban J connectivity index is 2.31. The molecule has 20 heavy (non-hydrogen) atoms. The fourth-order valence-corrected chi connectivity index (χ4v) is 2.51. The SMILES string of the molecule is CC1(C)COc2cc(C(N)CC(=O)O)cc(Br)c2OC1. The van der Waals surface area contributed by atoms with Gasteiger partial charge in [0.2, 0.25) is 0 Å². The molecule has 0 radical (unpaired) electrons. The molecule has 3 N–H and O–H groups in total. The van der Waals surface area contributed by atoms with E-state index in [1.165, 1.54) is 0 Å². The summed E-state index contributed by atoms with van der Waals surface area (Å²) in [5.41, 5.74) is 6.52. The topological polar surface area (TPSA) is 81.8 Å². The molecule has 1 aromatic rings. The number of carboxylic acids is 1. The van der Waals surface area contributed by atoms with Crippen LogP contribution in [-0.2, 0) is 4.79 Å². The van der Waals surface area contributed by atoms with Crippen molar-refractivity contribution in [2.45, 2.75) is 26.3 Å². The average molecular weight is 344 g/mol. The van der Waals surface area contributed by atoms with Crippen LogP contribution in [0, 0.1) is 5.41 Å². The van der Waals surface area contributed by atoms with E-state index in [2.05, 4.69) is 29.8 Å². The molecule has 1 aliphatic heterocycles. The highest BCUT2D eigenvalue weighted by molar-refractivity contribution is 9.10. The van der Waals surface area contributed by atoms with Gasteiger partial charge in [-0.15, -0.1) is 0 Å². The third-order valence-electron chi connectivity index (χ3n) is 3.08. The van der Waals surface area contributed by atoms with Crippen LogP contribution in [0.5, 0.6) is 11.5 Å². The van der Waals surface area contributed by atoms with Crippen molar-refractivity contribution >= 4 is 21.9 Å². The van der Waals surface area contributed by atoms with E-state index in [1.54, 1.807) is 12.1 Å². The lowest BCUT2D eigenvalue weighted by Gasteiger charge is -2.19. The van der Waals surface area contributed by atoms with Crippen molar-refractivity contribution in [3.8, 4) is 11.5 Å². The van der Waals surface area contributed by atoms with Crippen LogP contribution < -0.4 is 15.2 Å². The zero-order valence-electron chi connectivity index (χ0n) is 11.5. The monoisotopic (exact) mass is 343 g/mol. The minimum atomic E-state index is -0.929. The number of benzene rings is 1. The van der Waals surface area contributed by atoms with Gasteiger partial charge in [-0.05, 0) is 33.6 Å². The highest BCUT2D eigenvalue weighted by atomic mass is 79.9. The smallest absolute Gasteiger partial charge is 0.305 e. The largest absolute Gasteiger partial charge is 0.489 e. The molecule has 1 aliphatic rings. The molecule has 0 fully saturated rings. The average Bonchev–Trinajstić information content (AvgIpc) is 2.48. The maximum atomic E-state index is 10.7.